The van der Waals surface area contributed by atoms with Gasteiger partial charge in [-0.1, -0.05) is 13.8 Å². The lowest BCUT2D eigenvalue weighted by Gasteiger charge is -2.50. The van der Waals surface area contributed by atoms with Crippen LogP contribution in [0, 0.1) is 35.5 Å². The molecule has 3 saturated heterocycles. The number of likely N-dealkylation sites (tertiary alicyclic amines) is 1. The van der Waals surface area contributed by atoms with Crippen LogP contribution in [0.3, 0.4) is 0 Å². The summed E-state index contributed by atoms with van der Waals surface area (Å²) in [6.45, 7) is 8.77. The largest absolute Gasteiger partial charge is 0.342 e. The first-order valence-electron chi connectivity index (χ1n) is 12.4. The SMILES string of the molecule is CC1CCNC(NC(=O)C2CCC(C)C(C3CC4CNC(C)CC4N(C)C3=O)C2)C1. The quantitative estimate of drug-likeness (QED) is 0.658. The molecule has 6 nitrogen and oxygen atoms in total. The number of hydrogen-bond donors (Lipinski definition) is 3. The average Bonchev–Trinajstić information content (AvgIpc) is 2.71. The predicted octanol–water partition coefficient (Wildman–Crippen LogP) is 2.35. The van der Waals surface area contributed by atoms with Crippen LogP contribution in [0.25, 0.3) is 0 Å². The first-order chi connectivity index (χ1) is 14.3. The van der Waals surface area contributed by atoms with Crippen LogP contribution in [0.15, 0.2) is 0 Å². The zero-order chi connectivity index (χ0) is 21.4. The van der Waals surface area contributed by atoms with Gasteiger partial charge in [0.05, 0.1) is 6.17 Å². The fourth-order valence-electron chi connectivity index (χ4n) is 6.71. The van der Waals surface area contributed by atoms with Gasteiger partial charge in [0, 0.05) is 37.5 Å². The summed E-state index contributed by atoms with van der Waals surface area (Å²) in [6.07, 6.45) is 7.21. The second-order valence-electron chi connectivity index (χ2n) is 11.0. The number of carbonyl (C=O) groups excluding carboxylic acids is 2. The zero-order valence-corrected chi connectivity index (χ0v) is 19.3. The zero-order valence-electron chi connectivity index (χ0n) is 19.3. The molecule has 2 amide bonds. The molecule has 1 aliphatic carbocycles. The van der Waals surface area contributed by atoms with Crippen molar-refractivity contribution in [1.82, 2.24) is 20.9 Å². The van der Waals surface area contributed by atoms with Crippen LogP contribution in [-0.2, 0) is 9.59 Å². The Morgan fingerprint density at radius 3 is 2.60 bits per heavy atom. The van der Waals surface area contributed by atoms with Gasteiger partial charge in [-0.25, -0.2) is 0 Å². The van der Waals surface area contributed by atoms with E-state index in [1.807, 2.05) is 7.05 Å². The molecule has 6 heteroatoms. The number of hydrogen-bond acceptors (Lipinski definition) is 4. The maximum absolute atomic E-state index is 13.4. The van der Waals surface area contributed by atoms with Gasteiger partial charge >= 0.3 is 0 Å². The number of amides is 2. The summed E-state index contributed by atoms with van der Waals surface area (Å²) in [5, 5.41) is 10.3. The van der Waals surface area contributed by atoms with Gasteiger partial charge in [0.1, 0.15) is 0 Å². The molecule has 0 aromatic heterocycles. The molecular weight excluding hydrogens is 376 g/mol. The van der Waals surface area contributed by atoms with Crippen molar-refractivity contribution in [2.24, 2.45) is 35.5 Å². The normalized spacial score (nSPS) is 45.0. The van der Waals surface area contributed by atoms with Crippen molar-refractivity contribution in [3.8, 4) is 0 Å². The third kappa shape index (κ3) is 4.55. The van der Waals surface area contributed by atoms with Crippen LogP contribution in [-0.4, -0.2) is 55.1 Å². The van der Waals surface area contributed by atoms with Gasteiger partial charge in [-0.2, -0.15) is 0 Å². The minimum Gasteiger partial charge on any atom is -0.342 e. The van der Waals surface area contributed by atoms with E-state index in [1.54, 1.807) is 0 Å². The molecule has 9 atom stereocenters. The molecule has 4 aliphatic rings. The molecule has 0 aromatic carbocycles. The maximum atomic E-state index is 13.4. The molecule has 3 N–H and O–H groups in total. The minimum atomic E-state index is 0.0468. The topological polar surface area (TPSA) is 73.5 Å². The Morgan fingerprint density at radius 2 is 1.83 bits per heavy atom. The molecule has 170 valence electrons. The van der Waals surface area contributed by atoms with Crippen LogP contribution in [0.4, 0.5) is 0 Å². The van der Waals surface area contributed by atoms with Crippen molar-refractivity contribution in [2.45, 2.75) is 84.0 Å². The summed E-state index contributed by atoms with van der Waals surface area (Å²) in [7, 11) is 2.01. The number of fused-ring (bicyclic) bond motifs is 1. The Balaban J connectivity index is 1.40. The third-order valence-corrected chi connectivity index (χ3v) is 8.71. The number of carbonyl (C=O) groups is 2. The highest BCUT2D eigenvalue weighted by Crippen LogP contribution is 2.44. The fourth-order valence-corrected chi connectivity index (χ4v) is 6.71. The molecular formula is C24H42N4O2. The van der Waals surface area contributed by atoms with Gasteiger partial charge in [-0.3, -0.25) is 14.9 Å². The van der Waals surface area contributed by atoms with Gasteiger partial charge in [0.2, 0.25) is 11.8 Å². The predicted molar refractivity (Wildman–Crippen MR) is 119 cm³/mol. The van der Waals surface area contributed by atoms with E-state index in [9.17, 15) is 9.59 Å². The van der Waals surface area contributed by atoms with Crippen LogP contribution >= 0.6 is 0 Å². The number of rotatable bonds is 3. The van der Waals surface area contributed by atoms with Gasteiger partial charge in [0.15, 0.2) is 0 Å². The summed E-state index contributed by atoms with van der Waals surface area (Å²) in [5.74, 6) is 2.68. The van der Waals surface area contributed by atoms with Crippen molar-refractivity contribution in [3.63, 3.8) is 0 Å². The highest BCUT2D eigenvalue weighted by atomic mass is 16.2. The monoisotopic (exact) mass is 418 g/mol. The summed E-state index contributed by atoms with van der Waals surface area (Å²) >= 11 is 0. The van der Waals surface area contributed by atoms with Gasteiger partial charge < -0.3 is 15.5 Å². The van der Waals surface area contributed by atoms with E-state index >= 15 is 0 Å². The standard InChI is InChI=1S/C24H42N4O2/c1-14-7-8-25-22(9-14)27-23(29)17-6-5-15(2)19(11-17)20-12-18-13-26-16(3)10-21(18)28(4)24(20)30/h14-22,25-26H,5-13H2,1-4H3,(H,27,29). The van der Waals surface area contributed by atoms with E-state index in [-0.39, 0.29) is 23.9 Å². The van der Waals surface area contributed by atoms with Crippen LogP contribution in [0.5, 0.6) is 0 Å². The van der Waals surface area contributed by atoms with E-state index in [1.165, 1.54) is 6.42 Å². The molecule has 0 spiro atoms. The van der Waals surface area contributed by atoms with Crippen LogP contribution in [0.2, 0.25) is 0 Å². The number of nitrogens with one attached hydrogen (secondary N) is 3. The number of piperidine rings is 3. The van der Waals surface area contributed by atoms with Crippen molar-refractivity contribution < 1.29 is 9.59 Å². The minimum absolute atomic E-state index is 0.0468. The lowest BCUT2D eigenvalue weighted by atomic mass is 9.64. The van der Waals surface area contributed by atoms with Crippen molar-refractivity contribution in [1.29, 1.82) is 0 Å². The summed E-state index contributed by atoms with van der Waals surface area (Å²) in [6, 6.07) is 0.859. The number of nitrogens with zero attached hydrogens (tertiary/aromatic N) is 1. The van der Waals surface area contributed by atoms with Crippen molar-refractivity contribution in [3.05, 3.63) is 0 Å². The molecule has 0 aromatic rings. The second-order valence-corrected chi connectivity index (χ2v) is 11.0. The third-order valence-electron chi connectivity index (χ3n) is 8.71. The lowest BCUT2D eigenvalue weighted by Crippen LogP contribution is -2.60. The Bertz CT molecular complexity index is 641. The molecule has 0 bridgehead atoms. The molecule has 9 unspecified atom stereocenters. The highest BCUT2D eigenvalue weighted by molar-refractivity contribution is 5.81. The summed E-state index contributed by atoms with van der Waals surface area (Å²) in [5.41, 5.74) is 0. The smallest absolute Gasteiger partial charge is 0.225 e. The van der Waals surface area contributed by atoms with E-state index < -0.39 is 0 Å². The maximum Gasteiger partial charge on any atom is 0.225 e. The molecule has 3 heterocycles. The van der Waals surface area contributed by atoms with Crippen LogP contribution < -0.4 is 16.0 Å². The molecule has 1 saturated carbocycles. The summed E-state index contributed by atoms with van der Waals surface area (Å²) < 4.78 is 0. The molecule has 30 heavy (non-hydrogen) atoms. The first kappa shape index (κ1) is 22.1. The first-order valence-corrected chi connectivity index (χ1v) is 12.4. The van der Waals surface area contributed by atoms with E-state index in [0.29, 0.717) is 41.7 Å². The Kier molecular flexibility index (Phi) is 6.73. The van der Waals surface area contributed by atoms with Gasteiger partial charge in [-0.15, -0.1) is 0 Å². The lowest BCUT2D eigenvalue weighted by molar-refractivity contribution is -0.149. The average molecular weight is 419 g/mol. The van der Waals surface area contributed by atoms with E-state index in [0.717, 1.165) is 51.6 Å². The van der Waals surface area contributed by atoms with E-state index in [2.05, 4.69) is 41.6 Å². The molecule has 3 aliphatic heterocycles. The Labute approximate surface area is 182 Å². The van der Waals surface area contributed by atoms with Crippen molar-refractivity contribution in [2.75, 3.05) is 20.1 Å². The van der Waals surface area contributed by atoms with Gasteiger partial charge in [0.25, 0.3) is 0 Å². The highest BCUT2D eigenvalue weighted by Gasteiger charge is 2.47. The van der Waals surface area contributed by atoms with E-state index in [4.69, 9.17) is 0 Å². The van der Waals surface area contributed by atoms with Gasteiger partial charge in [-0.05, 0) is 82.1 Å². The summed E-state index contributed by atoms with van der Waals surface area (Å²) in [4.78, 5) is 28.5. The molecule has 4 rings (SSSR count). The van der Waals surface area contributed by atoms with Crippen LogP contribution in [0.1, 0.15) is 65.7 Å². The fraction of sp³-hybridized carbons (Fsp3) is 0.917. The Morgan fingerprint density at radius 1 is 1.03 bits per heavy atom. The Hall–Kier alpha value is -1.14. The van der Waals surface area contributed by atoms with Crippen molar-refractivity contribution >= 4 is 11.8 Å². The second kappa shape index (κ2) is 9.15. The molecule has 0 radical (unpaired) electrons. The molecule has 4 fully saturated rings.